The van der Waals surface area contributed by atoms with E-state index in [4.69, 9.17) is 37.8 Å². The molecule has 0 radical (unpaired) electrons. The van der Waals surface area contributed by atoms with E-state index in [-0.39, 0.29) is 35.9 Å². The van der Waals surface area contributed by atoms with Crippen molar-refractivity contribution in [1.82, 2.24) is 4.90 Å². The lowest BCUT2D eigenvalue weighted by Crippen LogP contribution is -2.40. The van der Waals surface area contributed by atoms with E-state index in [1.54, 1.807) is 59.5 Å². The summed E-state index contributed by atoms with van der Waals surface area (Å²) in [7, 11) is 1.48. The molecule has 0 aromatic heterocycles. The van der Waals surface area contributed by atoms with Crippen molar-refractivity contribution < 1.29 is 29.0 Å². The maximum Gasteiger partial charge on any atom is 0.335 e. The molecule has 1 heterocycles. The SMILES string of the molecule is COc1cc(CC(=O)N2CC(Cl)CC2COc2ccc(C(=O)O)cc2)ccc1NC(=O)Nc1ccccc1Cl. The first-order valence-electron chi connectivity index (χ1n) is 12.1. The van der Waals surface area contributed by atoms with E-state index < -0.39 is 12.0 Å². The standard InChI is InChI=1S/C28H27Cl2N3O6/c1-38-25-12-17(6-11-24(25)32-28(37)31-23-5-3-2-4-22(23)30)13-26(34)33-15-19(29)14-20(33)16-39-21-9-7-18(8-10-21)27(35)36/h2-12,19-20H,13-16H2,1H3,(H,35,36)(H2,31,32,37). The first-order valence-corrected chi connectivity index (χ1v) is 12.9. The largest absolute Gasteiger partial charge is 0.495 e. The Morgan fingerprint density at radius 3 is 2.44 bits per heavy atom. The highest BCUT2D eigenvalue weighted by Crippen LogP contribution is 2.29. The molecule has 2 unspecified atom stereocenters. The number of halogens is 2. The number of rotatable bonds is 9. The van der Waals surface area contributed by atoms with E-state index in [0.29, 0.717) is 46.4 Å². The maximum atomic E-state index is 13.2. The molecule has 3 amide bonds. The third-order valence-electron chi connectivity index (χ3n) is 6.22. The van der Waals surface area contributed by atoms with Gasteiger partial charge >= 0.3 is 12.0 Å². The second-order valence-electron chi connectivity index (χ2n) is 8.94. The van der Waals surface area contributed by atoms with E-state index in [0.717, 1.165) is 0 Å². The van der Waals surface area contributed by atoms with Gasteiger partial charge in [-0.2, -0.15) is 0 Å². The number of carbonyl (C=O) groups is 3. The zero-order chi connectivity index (χ0) is 27.9. The van der Waals surface area contributed by atoms with E-state index in [2.05, 4.69) is 10.6 Å². The number of urea groups is 1. The second-order valence-corrected chi connectivity index (χ2v) is 9.97. The van der Waals surface area contributed by atoms with Crippen molar-refractivity contribution in [3.63, 3.8) is 0 Å². The van der Waals surface area contributed by atoms with Crippen molar-refractivity contribution in [3.8, 4) is 11.5 Å². The topological polar surface area (TPSA) is 117 Å². The van der Waals surface area contributed by atoms with Gasteiger partial charge in [-0.05, 0) is 60.5 Å². The highest BCUT2D eigenvalue weighted by Gasteiger charge is 2.34. The number of aromatic carboxylic acids is 1. The molecule has 0 saturated carbocycles. The molecule has 0 aliphatic carbocycles. The fourth-order valence-electron chi connectivity index (χ4n) is 4.27. The highest BCUT2D eigenvalue weighted by atomic mass is 35.5. The number of ether oxygens (including phenoxy) is 2. The van der Waals surface area contributed by atoms with E-state index in [1.807, 2.05) is 0 Å². The summed E-state index contributed by atoms with van der Waals surface area (Å²) in [5.74, 6) is -0.222. The van der Waals surface area contributed by atoms with Crippen molar-refractivity contribution in [2.45, 2.75) is 24.3 Å². The van der Waals surface area contributed by atoms with Crippen LogP contribution in [0, 0.1) is 0 Å². The molecular weight excluding hydrogens is 545 g/mol. The minimum atomic E-state index is -1.01. The molecule has 0 spiro atoms. The van der Waals surface area contributed by atoms with Gasteiger partial charge in [-0.1, -0.05) is 29.8 Å². The van der Waals surface area contributed by atoms with Crippen molar-refractivity contribution in [2.75, 3.05) is 30.9 Å². The molecule has 1 aliphatic rings. The summed E-state index contributed by atoms with van der Waals surface area (Å²) in [6, 6.07) is 17.4. The molecule has 11 heteroatoms. The minimum absolute atomic E-state index is 0.107. The zero-order valence-electron chi connectivity index (χ0n) is 21.0. The lowest BCUT2D eigenvalue weighted by atomic mass is 10.1. The second kappa shape index (κ2) is 12.7. The van der Waals surface area contributed by atoms with Crippen LogP contribution in [0.1, 0.15) is 22.3 Å². The molecule has 204 valence electrons. The number of nitrogens with one attached hydrogen (secondary N) is 2. The molecular formula is C28H27Cl2N3O6. The van der Waals surface area contributed by atoms with Gasteiger partial charge in [0.05, 0.1) is 46.9 Å². The van der Waals surface area contributed by atoms with Crippen LogP contribution < -0.4 is 20.1 Å². The molecule has 1 saturated heterocycles. The maximum absolute atomic E-state index is 13.2. The van der Waals surface area contributed by atoms with Gasteiger partial charge in [0.1, 0.15) is 18.1 Å². The molecule has 1 aliphatic heterocycles. The summed E-state index contributed by atoms with van der Waals surface area (Å²) in [5.41, 5.74) is 1.77. The smallest absolute Gasteiger partial charge is 0.335 e. The van der Waals surface area contributed by atoms with Crippen LogP contribution in [0.5, 0.6) is 11.5 Å². The number of carbonyl (C=O) groups excluding carboxylic acids is 2. The Kier molecular flexibility index (Phi) is 9.16. The van der Waals surface area contributed by atoms with E-state index >= 15 is 0 Å². The zero-order valence-corrected chi connectivity index (χ0v) is 22.5. The van der Waals surface area contributed by atoms with Crippen LogP contribution in [-0.2, 0) is 11.2 Å². The van der Waals surface area contributed by atoms with Gasteiger partial charge in [-0.3, -0.25) is 4.79 Å². The number of hydrogen-bond donors (Lipinski definition) is 3. The molecule has 2 atom stereocenters. The number of methoxy groups -OCH3 is 1. The van der Waals surface area contributed by atoms with Crippen molar-refractivity contribution in [1.29, 1.82) is 0 Å². The van der Waals surface area contributed by atoms with Gasteiger partial charge in [0.25, 0.3) is 0 Å². The Hall–Kier alpha value is -3.95. The summed E-state index contributed by atoms with van der Waals surface area (Å²) in [4.78, 5) is 38.4. The molecule has 39 heavy (non-hydrogen) atoms. The molecule has 4 rings (SSSR count). The number of carboxylic acid groups (broad SMARTS) is 1. The Morgan fingerprint density at radius 1 is 1.03 bits per heavy atom. The third kappa shape index (κ3) is 7.34. The molecule has 9 nitrogen and oxygen atoms in total. The Labute approximate surface area is 235 Å². The van der Waals surface area contributed by atoms with Gasteiger partial charge in [0, 0.05) is 6.54 Å². The summed E-state index contributed by atoms with van der Waals surface area (Å²) in [5, 5.41) is 14.7. The predicted molar refractivity (Wildman–Crippen MR) is 149 cm³/mol. The predicted octanol–water partition coefficient (Wildman–Crippen LogP) is 5.52. The van der Waals surface area contributed by atoms with Crippen LogP contribution in [0.25, 0.3) is 0 Å². The number of nitrogens with zero attached hydrogens (tertiary/aromatic N) is 1. The lowest BCUT2D eigenvalue weighted by Gasteiger charge is -2.25. The highest BCUT2D eigenvalue weighted by molar-refractivity contribution is 6.33. The molecule has 3 N–H and O–H groups in total. The third-order valence-corrected chi connectivity index (χ3v) is 6.86. The van der Waals surface area contributed by atoms with Crippen LogP contribution in [0.15, 0.2) is 66.7 Å². The number of amides is 3. The van der Waals surface area contributed by atoms with E-state index in [1.165, 1.54) is 19.2 Å². The van der Waals surface area contributed by atoms with Crippen LogP contribution in [0.3, 0.4) is 0 Å². The van der Waals surface area contributed by atoms with Crippen LogP contribution in [-0.4, -0.2) is 59.6 Å². The summed E-state index contributed by atoms with van der Waals surface area (Å²) in [6.07, 6.45) is 0.684. The molecule has 3 aromatic carbocycles. The normalized spacial score (nSPS) is 16.4. The van der Waals surface area contributed by atoms with Crippen LogP contribution >= 0.6 is 23.2 Å². The summed E-state index contributed by atoms with van der Waals surface area (Å²) >= 11 is 12.5. The van der Waals surface area contributed by atoms with E-state index in [9.17, 15) is 14.4 Å². The number of anilines is 2. The number of benzene rings is 3. The minimum Gasteiger partial charge on any atom is -0.495 e. The Bertz CT molecular complexity index is 1350. The number of para-hydroxylation sites is 1. The van der Waals surface area contributed by atoms with Crippen molar-refractivity contribution >= 4 is 52.5 Å². The Balaban J connectivity index is 1.37. The van der Waals surface area contributed by atoms with Gasteiger partial charge in [0.15, 0.2) is 0 Å². The monoisotopic (exact) mass is 571 g/mol. The van der Waals surface area contributed by atoms with Gasteiger partial charge in [-0.25, -0.2) is 9.59 Å². The van der Waals surface area contributed by atoms with Crippen LogP contribution in [0.4, 0.5) is 16.2 Å². The number of carboxylic acids is 1. The average molecular weight is 572 g/mol. The van der Waals surface area contributed by atoms with Gasteiger partial charge in [-0.15, -0.1) is 11.6 Å². The van der Waals surface area contributed by atoms with Crippen molar-refractivity contribution in [2.24, 2.45) is 0 Å². The first kappa shape index (κ1) is 28.1. The first-order chi connectivity index (χ1) is 18.7. The van der Waals surface area contributed by atoms with Gasteiger partial charge in [0.2, 0.25) is 5.91 Å². The fraction of sp³-hybridized carbons (Fsp3) is 0.250. The number of alkyl halides is 1. The molecule has 0 bridgehead atoms. The molecule has 3 aromatic rings. The molecule has 1 fully saturated rings. The fourth-order valence-corrected chi connectivity index (χ4v) is 4.81. The Morgan fingerprint density at radius 2 is 1.74 bits per heavy atom. The van der Waals surface area contributed by atoms with Crippen LogP contribution in [0.2, 0.25) is 5.02 Å². The number of hydrogen-bond acceptors (Lipinski definition) is 5. The van der Waals surface area contributed by atoms with Gasteiger partial charge < -0.3 is 30.1 Å². The summed E-state index contributed by atoms with van der Waals surface area (Å²) < 4.78 is 11.3. The number of likely N-dealkylation sites (tertiary alicyclic amines) is 1. The average Bonchev–Trinajstić information content (AvgIpc) is 3.30. The lowest BCUT2D eigenvalue weighted by molar-refractivity contribution is -0.131. The quantitative estimate of drug-likeness (QED) is 0.291. The summed E-state index contributed by atoms with van der Waals surface area (Å²) in [6.45, 7) is 0.624. The van der Waals surface area contributed by atoms with Crippen molar-refractivity contribution in [3.05, 3.63) is 82.9 Å².